The van der Waals surface area contributed by atoms with Gasteiger partial charge >= 0.3 is 5.69 Å². The minimum absolute atomic E-state index is 0.279. The summed E-state index contributed by atoms with van der Waals surface area (Å²) < 4.78 is 3.93. The predicted octanol–water partition coefficient (Wildman–Crippen LogP) is 3.35. The van der Waals surface area contributed by atoms with Crippen molar-refractivity contribution in [2.45, 2.75) is 6.54 Å². The third kappa shape index (κ3) is 4.56. The third-order valence-electron chi connectivity index (χ3n) is 4.65. The summed E-state index contributed by atoms with van der Waals surface area (Å²) >= 11 is 3.46. The molecule has 2 aromatic heterocycles. The molecule has 2 N–H and O–H groups in total. The van der Waals surface area contributed by atoms with Gasteiger partial charge in [0.05, 0.1) is 6.54 Å². The molecule has 0 aliphatic carbocycles. The van der Waals surface area contributed by atoms with E-state index in [-0.39, 0.29) is 5.65 Å². The number of hydrazone groups is 1. The van der Waals surface area contributed by atoms with Gasteiger partial charge < -0.3 is 0 Å². The number of nitrogens with zero attached hydrogens (tertiary/aromatic N) is 4. The van der Waals surface area contributed by atoms with Crippen molar-refractivity contribution in [2.75, 3.05) is 5.43 Å². The average molecular weight is 479 g/mol. The first-order valence-corrected chi connectivity index (χ1v) is 10.3. The SMILES string of the molecule is Cn1c(=O)[nH]c(=O)c2c1nc(N/N=C/C=C/c1ccccc1)n2Cc1cccc(Br)c1. The molecule has 0 saturated carbocycles. The van der Waals surface area contributed by atoms with Gasteiger partial charge in [-0.25, -0.2) is 10.2 Å². The standard InChI is InChI=1S/C22H19BrN6O2/c1-28-19-18(20(30)26-22(28)31)29(14-16-9-5-11-17(23)13-16)21(25-19)27-24-12-6-10-15-7-3-2-4-8-15/h2-13H,14H2,1H3,(H,25,27)(H,26,30,31)/b10-6+,24-12+. The molecule has 0 aliphatic heterocycles. The van der Waals surface area contributed by atoms with Crippen LogP contribution >= 0.6 is 15.9 Å². The molecular weight excluding hydrogens is 460 g/mol. The number of imidazole rings is 1. The highest BCUT2D eigenvalue weighted by Gasteiger charge is 2.17. The lowest BCUT2D eigenvalue weighted by Crippen LogP contribution is -2.29. The lowest BCUT2D eigenvalue weighted by molar-refractivity contribution is 0.808. The van der Waals surface area contributed by atoms with E-state index in [0.29, 0.717) is 18.0 Å². The molecule has 2 aromatic carbocycles. The van der Waals surface area contributed by atoms with E-state index in [1.165, 1.54) is 4.57 Å². The van der Waals surface area contributed by atoms with Crippen molar-refractivity contribution >= 4 is 45.3 Å². The molecule has 0 radical (unpaired) electrons. The molecule has 2 heterocycles. The number of hydrogen-bond donors (Lipinski definition) is 2. The number of aryl methyl sites for hydroxylation is 1. The number of H-pyrrole nitrogens is 1. The summed E-state index contributed by atoms with van der Waals surface area (Å²) in [7, 11) is 1.56. The summed E-state index contributed by atoms with van der Waals surface area (Å²) in [6, 6.07) is 17.6. The van der Waals surface area contributed by atoms with Gasteiger partial charge in [-0.05, 0) is 29.3 Å². The molecule has 9 heteroatoms. The Labute approximate surface area is 185 Å². The molecule has 0 aliphatic rings. The Morgan fingerprint density at radius 1 is 1.16 bits per heavy atom. The summed E-state index contributed by atoms with van der Waals surface area (Å²) in [6.45, 7) is 0.370. The van der Waals surface area contributed by atoms with E-state index in [0.717, 1.165) is 15.6 Å². The fourth-order valence-corrected chi connectivity index (χ4v) is 3.59. The van der Waals surface area contributed by atoms with Crippen LogP contribution in [0.15, 0.2) is 79.8 Å². The highest BCUT2D eigenvalue weighted by molar-refractivity contribution is 9.10. The number of halogens is 1. The zero-order valence-corrected chi connectivity index (χ0v) is 18.2. The number of benzene rings is 2. The molecule has 8 nitrogen and oxygen atoms in total. The fourth-order valence-electron chi connectivity index (χ4n) is 3.15. The number of hydrogen-bond acceptors (Lipinski definition) is 5. The Bertz CT molecular complexity index is 1400. The smallest absolute Gasteiger partial charge is 0.298 e. The average Bonchev–Trinajstić information content (AvgIpc) is 3.11. The van der Waals surface area contributed by atoms with Crippen LogP contribution in [0.4, 0.5) is 5.95 Å². The number of nitrogens with one attached hydrogen (secondary N) is 2. The van der Waals surface area contributed by atoms with Gasteiger partial charge in [-0.15, -0.1) is 0 Å². The van der Waals surface area contributed by atoms with E-state index < -0.39 is 11.2 Å². The summed E-state index contributed by atoms with van der Waals surface area (Å²) in [5.74, 6) is 0.353. The lowest BCUT2D eigenvalue weighted by atomic mass is 10.2. The zero-order chi connectivity index (χ0) is 21.8. The van der Waals surface area contributed by atoms with E-state index in [2.05, 4.69) is 36.4 Å². The monoisotopic (exact) mass is 478 g/mol. The van der Waals surface area contributed by atoms with Crippen molar-refractivity contribution in [3.63, 3.8) is 0 Å². The first-order valence-electron chi connectivity index (χ1n) is 9.48. The van der Waals surface area contributed by atoms with Crippen LogP contribution in [-0.4, -0.2) is 25.3 Å². The van der Waals surface area contributed by atoms with Gasteiger partial charge in [-0.1, -0.05) is 64.5 Å². The van der Waals surface area contributed by atoms with Gasteiger partial charge in [0.25, 0.3) is 5.56 Å². The topological polar surface area (TPSA) is 97.1 Å². The summed E-state index contributed by atoms with van der Waals surface area (Å²) in [6.07, 6.45) is 5.31. The van der Waals surface area contributed by atoms with Crippen LogP contribution < -0.4 is 16.7 Å². The highest BCUT2D eigenvalue weighted by atomic mass is 79.9. The number of allylic oxidation sites excluding steroid dienone is 1. The number of rotatable bonds is 6. The van der Waals surface area contributed by atoms with Crippen LogP contribution in [0.2, 0.25) is 0 Å². The minimum Gasteiger partial charge on any atom is -0.298 e. The van der Waals surface area contributed by atoms with E-state index in [9.17, 15) is 9.59 Å². The summed E-state index contributed by atoms with van der Waals surface area (Å²) in [5, 5.41) is 4.20. The minimum atomic E-state index is -0.523. The fraction of sp³-hybridized carbons (Fsp3) is 0.0909. The third-order valence-corrected chi connectivity index (χ3v) is 5.14. The van der Waals surface area contributed by atoms with Gasteiger partial charge in [0.2, 0.25) is 5.95 Å². The van der Waals surface area contributed by atoms with Crippen LogP contribution in [0.3, 0.4) is 0 Å². The van der Waals surface area contributed by atoms with Crippen LogP contribution in [-0.2, 0) is 13.6 Å². The van der Waals surface area contributed by atoms with Crippen molar-refractivity contribution < 1.29 is 0 Å². The van der Waals surface area contributed by atoms with Gasteiger partial charge in [0.1, 0.15) is 0 Å². The van der Waals surface area contributed by atoms with Crippen molar-refractivity contribution in [1.29, 1.82) is 0 Å². The molecule has 31 heavy (non-hydrogen) atoms. The Kier molecular flexibility index (Phi) is 5.94. The molecule has 0 saturated heterocycles. The molecule has 4 rings (SSSR count). The first kappa shape index (κ1) is 20.5. The van der Waals surface area contributed by atoms with Gasteiger partial charge in [0.15, 0.2) is 11.2 Å². The maximum atomic E-state index is 12.6. The molecule has 0 unspecified atom stereocenters. The van der Waals surface area contributed by atoms with Crippen molar-refractivity contribution in [1.82, 2.24) is 19.1 Å². The maximum absolute atomic E-state index is 12.6. The van der Waals surface area contributed by atoms with Crippen molar-refractivity contribution in [3.05, 3.63) is 97.1 Å². The van der Waals surface area contributed by atoms with Gasteiger partial charge in [0, 0.05) is 17.7 Å². The Balaban J connectivity index is 1.69. The van der Waals surface area contributed by atoms with Crippen LogP contribution in [0.1, 0.15) is 11.1 Å². The molecule has 0 atom stereocenters. The van der Waals surface area contributed by atoms with E-state index in [1.807, 2.05) is 60.7 Å². The Hall–Kier alpha value is -3.72. The predicted molar refractivity (Wildman–Crippen MR) is 126 cm³/mol. The van der Waals surface area contributed by atoms with E-state index >= 15 is 0 Å². The lowest BCUT2D eigenvalue weighted by Gasteiger charge is -2.08. The number of aromatic amines is 1. The maximum Gasteiger partial charge on any atom is 0.329 e. The first-order chi connectivity index (χ1) is 15.0. The van der Waals surface area contributed by atoms with Crippen molar-refractivity contribution in [2.24, 2.45) is 12.1 Å². The van der Waals surface area contributed by atoms with Crippen LogP contribution in [0.5, 0.6) is 0 Å². The molecule has 0 spiro atoms. The molecular formula is C22H19BrN6O2. The largest absolute Gasteiger partial charge is 0.329 e. The molecule has 0 bridgehead atoms. The number of anilines is 1. The van der Waals surface area contributed by atoms with Crippen molar-refractivity contribution in [3.8, 4) is 0 Å². The van der Waals surface area contributed by atoms with Crippen LogP contribution in [0.25, 0.3) is 17.2 Å². The zero-order valence-electron chi connectivity index (χ0n) is 16.6. The Morgan fingerprint density at radius 2 is 1.97 bits per heavy atom. The quantitative estimate of drug-likeness (QED) is 0.328. The second kappa shape index (κ2) is 8.97. The van der Waals surface area contributed by atoms with Gasteiger partial charge in [-0.2, -0.15) is 10.1 Å². The normalized spacial score (nSPS) is 11.7. The van der Waals surface area contributed by atoms with E-state index in [1.54, 1.807) is 23.9 Å². The Morgan fingerprint density at radius 3 is 2.74 bits per heavy atom. The number of fused-ring (bicyclic) bond motifs is 1. The molecule has 0 fully saturated rings. The molecule has 4 aromatic rings. The number of aromatic nitrogens is 4. The second-order valence-electron chi connectivity index (χ2n) is 6.80. The van der Waals surface area contributed by atoms with E-state index in [4.69, 9.17) is 0 Å². The highest BCUT2D eigenvalue weighted by Crippen LogP contribution is 2.19. The second-order valence-corrected chi connectivity index (χ2v) is 7.72. The van der Waals surface area contributed by atoms with Crippen LogP contribution in [0, 0.1) is 0 Å². The molecule has 0 amide bonds. The van der Waals surface area contributed by atoms with Gasteiger partial charge in [-0.3, -0.25) is 18.9 Å². The molecule has 156 valence electrons. The summed E-state index contributed by atoms with van der Waals surface area (Å²) in [5.41, 5.74) is 4.45. The summed E-state index contributed by atoms with van der Waals surface area (Å²) in [4.78, 5) is 31.3.